The summed E-state index contributed by atoms with van der Waals surface area (Å²) in [6.07, 6.45) is 6.15. The van der Waals surface area contributed by atoms with E-state index in [0.29, 0.717) is 12.6 Å². The molecule has 0 aliphatic heterocycles. The number of hydrogen-bond acceptors (Lipinski definition) is 3. The van der Waals surface area contributed by atoms with Crippen molar-refractivity contribution in [1.82, 2.24) is 9.55 Å². The highest BCUT2D eigenvalue weighted by Gasteiger charge is 2.24. The molecule has 1 fully saturated rings. The van der Waals surface area contributed by atoms with Crippen LogP contribution in [0, 0.1) is 0 Å². The highest BCUT2D eigenvalue weighted by atomic mass is 16.6. The molecule has 0 atom stereocenters. The molecule has 1 heterocycles. The number of nitrogens with two attached hydrogens (primary N) is 1. The lowest BCUT2D eigenvalue weighted by molar-refractivity contribution is 0.118. The van der Waals surface area contributed by atoms with Crippen LogP contribution in [0.4, 0.5) is 0 Å². The van der Waals surface area contributed by atoms with Crippen LogP contribution >= 0.6 is 0 Å². The van der Waals surface area contributed by atoms with E-state index >= 15 is 0 Å². The van der Waals surface area contributed by atoms with Crippen molar-refractivity contribution in [3.63, 3.8) is 0 Å². The number of nitrogens with zero attached hydrogens (tertiary/aromatic N) is 2. The summed E-state index contributed by atoms with van der Waals surface area (Å²) >= 11 is 0. The third kappa shape index (κ3) is 1.27. The van der Waals surface area contributed by atoms with E-state index in [-0.39, 0.29) is 0 Å². The van der Waals surface area contributed by atoms with Gasteiger partial charge in [0.25, 0.3) is 0 Å². The van der Waals surface area contributed by atoms with Gasteiger partial charge in [-0.05, 0) is 12.8 Å². The van der Waals surface area contributed by atoms with Crippen LogP contribution < -0.4 is 5.90 Å². The fourth-order valence-corrected chi connectivity index (χ4v) is 1.21. The average Bonchev–Trinajstić information content (AvgIpc) is 2.75. The van der Waals surface area contributed by atoms with E-state index in [1.807, 2.05) is 6.33 Å². The smallest absolute Gasteiger partial charge is 0.110 e. The van der Waals surface area contributed by atoms with Crippen LogP contribution in [0.5, 0.6) is 0 Å². The fraction of sp³-hybridized carbons (Fsp3) is 0.571. The third-order valence-electron chi connectivity index (χ3n) is 1.92. The molecular formula is C7H11N3O. The van der Waals surface area contributed by atoms with Crippen LogP contribution in [0.15, 0.2) is 12.5 Å². The molecule has 0 radical (unpaired) electrons. The normalized spacial score (nSPS) is 17.2. The second-order valence-electron chi connectivity index (χ2n) is 2.83. The molecule has 11 heavy (non-hydrogen) atoms. The standard InChI is InChI=1S/C7H11N3O/c8-11-4-7-3-9-5-10(7)6-1-2-6/h3,5-6H,1-2,4,8H2. The Kier molecular flexibility index (Phi) is 1.63. The Morgan fingerprint density at radius 2 is 2.55 bits per heavy atom. The quantitative estimate of drug-likeness (QED) is 0.647. The van der Waals surface area contributed by atoms with Crippen molar-refractivity contribution in [2.75, 3.05) is 0 Å². The van der Waals surface area contributed by atoms with Crippen LogP contribution in [0.2, 0.25) is 0 Å². The summed E-state index contributed by atoms with van der Waals surface area (Å²) in [4.78, 5) is 8.57. The van der Waals surface area contributed by atoms with E-state index in [0.717, 1.165) is 5.69 Å². The second kappa shape index (κ2) is 2.64. The fourth-order valence-electron chi connectivity index (χ4n) is 1.21. The molecule has 60 valence electrons. The first-order chi connectivity index (χ1) is 5.42. The van der Waals surface area contributed by atoms with E-state index in [9.17, 15) is 0 Å². The van der Waals surface area contributed by atoms with Crippen LogP contribution in [0.1, 0.15) is 24.6 Å². The van der Waals surface area contributed by atoms with Gasteiger partial charge < -0.3 is 4.57 Å². The number of hydrogen-bond donors (Lipinski definition) is 1. The minimum Gasteiger partial charge on any atom is -0.329 e. The molecule has 1 saturated carbocycles. The van der Waals surface area contributed by atoms with Crippen molar-refractivity contribution >= 4 is 0 Å². The highest BCUT2D eigenvalue weighted by Crippen LogP contribution is 2.35. The van der Waals surface area contributed by atoms with Gasteiger partial charge in [-0.2, -0.15) is 0 Å². The van der Waals surface area contributed by atoms with Crippen molar-refractivity contribution in [2.24, 2.45) is 5.90 Å². The summed E-state index contributed by atoms with van der Waals surface area (Å²) in [6.45, 7) is 0.455. The van der Waals surface area contributed by atoms with Gasteiger partial charge in [0.15, 0.2) is 0 Å². The lowest BCUT2D eigenvalue weighted by atomic mass is 10.5. The average molecular weight is 153 g/mol. The Hall–Kier alpha value is -0.870. The van der Waals surface area contributed by atoms with Gasteiger partial charge in [0.2, 0.25) is 0 Å². The minimum atomic E-state index is 0.455. The molecule has 1 aliphatic carbocycles. The molecule has 0 spiro atoms. The van der Waals surface area contributed by atoms with Crippen LogP contribution in [0.25, 0.3) is 0 Å². The van der Waals surface area contributed by atoms with E-state index < -0.39 is 0 Å². The van der Waals surface area contributed by atoms with Crippen molar-refractivity contribution in [3.05, 3.63) is 18.2 Å². The maximum absolute atomic E-state index is 4.97. The molecule has 2 N–H and O–H groups in total. The first-order valence-electron chi connectivity index (χ1n) is 3.74. The van der Waals surface area contributed by atoms with Crippen molar-refractivity contribution in [2.45, 2.75) is 25.5 Å². The summed E-state index contributed by atoms with van der Waals surface area (Å²) in [5.74, 6) is 4.97. The van der Waals surface area contributed by atoms with Crippen LogP contribution in [-0.2, 0) is 11.4 Å². The molecule has 4 nitrogen and oxygen atoms in total. The molecular weight excluding hydrogens is 142 g/mol. The molecule has 0 unspecified atom stereocenters. The molecule has 0 aromatic carbocycles. The zero-order valence-corrected chi connectivity index (χ0v) is 6.23. The van der Waals surface area contributed by atoms with Gasteiger partial charge in [-0.15, -0.1) is 0 Å². The van der Waals surface area contributed by atoms with Gasteiger partial charge >= 0.3 is 0 Å². The predicted molar refractivity (Wildman–Crippen MR) is 39.5 cm³/mol. The maximum atomic E-state index is 4.97. The highest BCUT2D eigenvalue weighted by molar-refractivity contribution is 5.01. The molecule has 4 heteroatoms. The second-order valence-corrected chi connectivity index (χ2v) is 2.83. The summed E-state index contributed by atoms with van der Waals surface area (Å²) < 4.78 is 2.13. The molecule has 0 saturated heterocycles. The lowest BCUT2D eigenvalue weighted by Crippen LogP contribution is -2.04. The Morgan fingerprint density at radius 1 is 1.73 bits per heavy atom. The molecule has 0 bridgehead atoms. The first-order valence-corrected chi connectivity index (χ1v) is 3.74. The Morgan fingerprint density at radius 3 is 3.18 bits per heavy atom. The topological polar surface area (TPSA) is 53.1 Å². The third-order valence-corrected chi connectivity index (χ3v) is 1.92. The summed E-state index contributed by atoms with van der Waals surface area (Å²) in [5.41, 5.74) is 1.06. The SMILES string of the molecule is NOCc1cncn1C1CC1. The van der Waals surface area contributed by atoms with Gasteiger partial charge in [-0.25, -0.2) is 10.9 Å². The Bertz CT molecular complexity index is 242. The molecule has 1 aromatic rings. The molecule has 2 rings (SSSR count). The van der Waals surface area contributed by atoms with E-state index in [4.69, 9.17) is 5.90 Å². The Balaban J connectivity index is 2.16. The number of aromatic nitrogens is 2. The lowest BCUT2D eigenvalue weighted by Gasteiger charge is -2.03. The van der Waals surface area contributed by atoms with Gasteiger partial charge in [-0.3, -0.25) is 4.84 Å². The Labute approximate surface area is 64.9 Å². The molecule has 1 aliphatic rings. The summed E-state index contributed by atoms with van der Waals surface area (Å²) in [7, 11) is 0. The number of imidazole rings is 1. The maximum Gasteiger partial charge on any atom is 0.110 e. The first kappa shape index (κ1) is 6.82. The van der Waals surface area contributed by atoms with Crippen molar-refractivity contribution in [1.29, 1.82) is 0 Å². The van der Waals surface area contributed by atoms with Crippen LogP contribution in [-0.4, -0.2) is 9.55 Å². The zero-order valence-electron chi connectivity index (χ0n) is 6.23. The number of rotatable bonds is 3. The summed E-state index contributed by atoms with van der Waals surface area (Å²) in [5, 5.41) is 0. The van der Waals surface area contributed by atoms with E-state index in [1.165, 1.54) is 12.8 Å². The van der Waals surface area contributed by atoms with Crippen molar-refractivity contribution < 1.29 is 4.84 Å². The van der Waals surface area contributed by atoms with E-state index in [2.05, 4.69) is 14.4 Å². The van der Waals surface area contributed by atoms with E-state index in [1.54, 1.807) is 6.20 Å². The van der Waals surface area contributed by atoms with Gasteiger partial charge in [-0.1, -0.05) is 0 Å². The molecule has 0 amide bonds. The van der Waals surface area contributed by atoms with Gasteiger partial charge in [0.1, 0.15) is 6.61 Å². The summed E-state index contributed by atoms with van der Waals surface area (Å²) in [6, 6.07) is 0.655. The van der Waals surface area contributed by atoms with Gasteiger partial charge in [0, 0.05) is 6.04 Å². The van der Waals surface area contributed by atoms with Gasteiger partial charge in [0.05, 0.1) is 18.2 Å². The molecule has 1 aromatic heterocycles. The largest absolute Gasteiger partial charge is 0.329 e. The minimum absolute atomic E-state index is 0.455. The van der Waals surface area contributed by atoms with Crippen molar-refractivity contribution in [3.8, 4) is 0 Å². The van der Waals surface area contributed by atoms with Crippen LogP contribution in [0.3, 0.4) is 0 Å². The predicted octanol–water partition coefficient (Wildman–Crippen LogP) is 0.608. The zero-order chi connectivity index (χ0) is 7.68. The monoisotopic (exact) mass is 153 g/mol.